The Labute approximate surface area is 268 Å². The summed E-state index contributed by atoms with van der Waals surface area (Å²) in [6.45, 7) is 0. The van der Waals surface area contributed by atoms with Gasteiger partial charge in [-0.1, -0.05) is 12.1 Å². The van der Waals surface area contributed by atoms with Gasteiger partial charge in [0.1, 0.15) is 23.3 Å². The second-order valence-corrected chi connectivity index (χ2v) is 10.1. The van der Waals surface area contributed by atoms with E-state index >= 15 is 0 Å². The van der Waals surface area contributed by atoms with Crippen molar-refractivity contribution in [3.05, 3.63) is 124 Å². The molecule has 3 N–H and O–H groups in total. The summed E-state index contributed by atoms with van der Waals surface area (Å²) in [5.41, 5.74) is 2.57. The summed E-state index contributed by atoms with van der Waals surface area (Å²) in [5.74, 6) is -3.74. The summed E-state index contributed by atoms with van der Waals surface area (Å²) in [7, 11) is 0. The highest BCUT2D eigenvalue weighted by Crippen LogP contribution is 2.29. The van der Waals surface area contributed by atoms with Crippen molar-refractivity contribution in [2.24, 2.45) is 0 Å². The first-order chi connectivity index (χ1) is 22.6. The molecule has 0 aliphatic carbocycles. The third-order valence-corrected chi connectivity index (χ3v) is 6.72. The van der Waals surface area contributed by atoms with Gasteiger partial charge in [0.15, 0.2) is 5.16 Å². The number of nitrogens with zero attached hydrogens (tertiary/aromatic N) is 6. The SMILES string of the molecule is O=[N+]([O-])c1ccc(-c2cc(-c3ccc(Nc4nc(Nc5ccc(F)cc5F)nc(Nc5ccc(F)cc5F)n4)cc3)nc(S)n2)cc1. The number of nitro groups is 1. The Balaban J connectivity index is 1.27. The quantitative estimate of drug-likeness (QED) is 0.0397. The number of halogens is 4. The molecule has 16 heteroatoms. The topological polar surface area (TPSA) is 144 Å². The van der Waals surface area contributed by atoms with Crippen LogP contribution in [0.15, 0.2) is 96.2 Å². The van der Waals surface area contributed by atoms with E-state index in [-0.39, 0.29) is 40.1 Å². The molecule has 2 aromatic heterocycles. The van der Waals surface area contributed by atoms with Crippen LogP contribution >= 0.6 is 12.6 Å². The second-order valence-electron chi connectivity index (χ2n) is 9.75. The molecule has 6 aromatic rings. The monoisotopic (exact) mass is 657 g/mol. The molecule has 0 aliphatic rings. The molecule has 0 fully saturated rings. The third-order valence-electron chi connectivity index (χ3n) is 6.52. The minimum Gasteiger partial charge on any atom is -0.324 e. The number of rotatable bonds is 9. The maximum absolute atomic E-state index is 14.4. The maximum Gasteiger partial charge on any atom is 0.269 e. The number of thiol groups is 1. The maximum atomic E-state index is 14.4. The smallest absolute Gasteiger partial charge is 0.269 e. The lowest BCUT2D eigenvalue weighted by atomic mass is 10.1. The van der Waals surface area contributed by atoms with E-state index in [1.807, 2.05) is 0 Å². The van der Waals surface area contributed by atoms with Gasteiger partial charge in [-0.05, 0) is 54.6 Å². The van der Waals surface area contributed by atoms with E-state index in [4.69, 9.17) is 0 Å². The Morgan fingerprint density at radius 1 is 0.574 bits per heavy atom. The van der Waals surface area contributed by atoms with Crippen LogP contribution in [-0.2, 0) is 0 Å². The molecule has 0 aliphatic heterocycles. The molecule has 2 heterocycles. The van der Waals surface area contributed by atoms with E-state index in [1.54, 1.807) is 42.5 Å². The molecular weight excluding hydrogens is 638 g/mol. The van der Waals surface area contributed by atoms with Crippen molar-refractivity contribution < 1.29 is 22.5 Å². The molecule has 0 spiro atoms. The van der Waals surface area contributed by atoms with Crippen molar-refractivity contribution >= 4 is 53.2 Å². The number of hydrogen-bond acceptors (Lipinski definition) is 11. The number of non-ortho nitro benzene ring substituents is 1. The zero-order chi connectivity index (χ0) is 33.1. The van der Waals surface area contributed by atoms with Crippen molar-refractivity contribution in [1.29, 1.82) is 0 Å². The van der Waals surface area contributed by atoms with Gasteiger partial charge in [-0.25, -0.2) is 27.5 Å². The number of hydrogen-bond donors (Lipinski definition) is 4. The van der Waals surface area contributed by atoms with Gasteiger partial charge < -0.3 is 16.0 Å². The van der Waals surface area contributed by atoms with Gasteiger partial charge in [0, 0.05) is 41.1 Å². The largest absolute Gasteiger partial charge is 0.324 e. The highest BCUT2D eigenvalue weighted by atomic mass is 32.1. The average molecular weight is 658 g/mol. The molecule has 234 valence electrons. The molecular formula is C31H19F4N9O2S. The van der Waals surface area contributed by atoms with Gasteiger partial charge in [0.2, 0.25) is 17.8 Å². The van der Waals surface area contributed by atoms with E-state index in [2.05, 4.69) is 53.5 Å². The Hall–Kier alpha value is -6.16. The Morgan fingerprint density at radius 3 is 1.47 bits per heavy atom. The zero-order valence-electron chi connectivity index (χ0n) is 23.6. The summed E-state index contributed by atoms with van der Waals surface area (Å²) in [4.78, 5) is 31.9. The normalized spacial score (nSPS) is 10.8. The lowest BCUT2D eigenvalue weighted by Crippen LogP contribution is -2.08. The molecule has 4 aromatic carbocycles. The van der Waals surface area contributed by atoms with E-state index in [0.717, 1.165) is 24.3 Å². The van der Waals surface area contributed by atoms with Crippen LogP contribution in [0.3, 0.4) is 0 Å². The van der Waals surface area contributed by atoms with Crippen molar-refractivity contribution in [3.8, 4) is 22.5 Å². The summed E-state index contributed by atoms with van der Waals surface area (Å²) < 4.78 is 55.6. The first-order valence-electron chi connectivity index (χ1n) is 13.5. The van der Waals surface area contributed by atoms with Crippen LogP contribution in [0.1, 0.15) is 0 Å². The van der Waals surface area contributed by atoms with Gasteiger partial charge in [0.05, 0.1) is 27.7 Å². The van der Waals surface area contributed by atoms with Crippen molar-refractivity contribution in [2.45, 2.75) is 5.16 Å². The zero-order valence-corrected chi connectivity index (χ0v) is 24.5. The highest BCUT2D eigenvalue weighted by Gasteiger charge is 2.14. The van der Waals surface area contributed by atoms with E-state index in [1.165, 1.54) is 12.1 Å². The molecule has 6 rings (SSSR count). The number of anilines is 6. The molecule has 0 atom stereocenters. The average Bonchev–Trinajstić information content (AvgIpc) is 3.04. The van der Waals surface area contributed by atoms with Crippen molar-refractivity contribution in [1.82, 2.24) is 24.9 Å². The van der Waals surface area contributed by atoms with E-state index < -0.39 is 28.2 Å². The van der Waals surface area contributed by atoms with Crippen LogP contribution < -0.4 is 16.0 Å². The number of nitro benzene ring substituents is 1. The molecule has 0 amide bonds. The van der Waals surface area contributed by atoms with Gasteiger partial charge in [-0.3, -0.25) is 10.1 Å². The van der Waals surface area contributed by atoms with E-state index in [0.29, 0.717) is 40.3 Å². The minimum absolute atomic E-state index is 0.0390. The fraction of sp³-hybridized carbons (Fsp3) is 0. The molecule has 0 unspecified atom stereocenters. The van der Waals surface area contributed by atoms with Crippen LogP contribution in [0.25, 0.3) is 22.5 Å². The summed E-state index contributed by atoms with van der Waals surface area (Å²) in [6.07, 6.45) is 0. The van der Waals surface area contributed by atoms with Crippen LogP contribution in [0, 0.1) is 33.4 Å². The van der Waals surface area contributed by atoms with Gasteiger partial charge in [0.25, 0.3) is 5.69 Å². The predicted octanol–water partition coefficient (Wildman–Crippen LogP) is 7.98. The molecule has 0 radical (unpaired) electrons. The van der Waals surface area contributed by atoms with Gasteiger partial charge in [-0.15, -0.1) is 12.6 Å². The lowest BCUT2D eigenvalue weighted by molar-refractivity contribution is -0.384. The third kappa shape index (κ3) is 7.39. The second kappa shape index (κ2) is 13.1. The Bertz CT molecular complexity index is 2050. The van der Waals surface area contributed by atoms with Crippen LogP contribution in [0.5, 0.6) is 0 Å². The number of aromatic nitrogens is 5. The fourth-order valence-corrected chi connectivity index (χ4v) is 4.52. The van der Waals surface area contributed by atoms with Crippen LogP contribution in [-0.4, -0.2) is 29.8 Å². The first-order valence-corrected chi connectivity index (χ1v) is 13.9. The number of nitrogens with one attached hydrogen (secondary N) is 3. The Morgan fingerprint density at radius 2 is 1.02 bits per heavy atom. The van der Waals surface area contributed by atoms with Crippen LogP contribution in [0.4, 0.5) is 58.2 Å². The molecule has 47 heavy (non-hydrogen) atoms. The summed E-state index contributed by atoms with van der Waals surface area (Å²) in [6, 6.07) is 20.3. The summed E-state index contributed by atoms with van der Waals surface area (Å²) >= 11 is 4.32. The molecule has 0 bridgehead atoms. The van der Waals surface area contributed by atoms with Crippen molar-refractivity contribution in [3.63, 3.8) is 0 Å². The minimum atomic E-state index is -0.902. The number of benzene rings is 4. The molecule has 0 saturated carbocycles. The lowest BCUT2D eigenvalue weighted by Gasteiger charge is -2.13. The first kappa shape index (κ1) is 30.8. The van der Waals surface area contributed by atoms with Gasteiger partial charge >= 0.3 is 0 Å². The standard InChI is InChI=1S/C31H19F4N9O2S/c32-18-5-11-24(22(34)13-18)37-29-41-28(42-30(43-29)38-25-12-6-19(33)14-23(25)35)36-20-7-1-16(2-8-20)26-15-27(40-31(47)39-26)17-3-9-21(10-4-17)44(45)46/h1-15H,(H,39,40,47)(H3,36,37,38,41,42,43). The molecule has 0 saturated heterocycles. The highest BCUT2D eigenvalue weighted by molar-refractivity contribution is 7.80. The van der Waals surface area contributed by atoms with E-state index in [9.17, 15) is 27.7 Å². The summed E-state index contributed by atoms with van der Waals surface area (Å²) in [5, 5.41) is 19.5. The Kier molecular flexibility index (Phi) is 8.57. The fourth-order valence-electron chi connectivity index (χ4n) is 4.30. The van der Waals surface area contributed by atoms with Crippen LogP contribution in [0.2, 0.25) is 0 Å². The van der Waals surface area contributed by atoms with Gasteiger partial charge in [-0.2, -0.15) is 15.0 Å². The molecule has 11 nitrogen and oxygen atoms in total. The van der Waals surface area contributed by atoms with Crippen molar-refractivity contribution in [2.75, 3.05) is 16.0 Å². The predicted molar refractivity (Wildman–Crippen MR) is 169 cm³/mol.